The average Bonchev–Trinajstić information content (AvgIpc) is 2.78. The zero-order chi connectivity index (χ0) is 22.5. The van der Waals surface area contributed by atoms with Gasteiger partial charge in [-0.25, -0.2) is 0 Å². The topological polar surface area (TPSA) is 79.7 Å². The summed E-state index contributed by atoms with van der Waals surface area (Å²) in [6, 6.07) is 0. The van der Waals surface area contributed by atoms with E-state index in [0.717, 1.165) is 26.3 Å². The van der Waals surface area contributed by atoms with Gasteiger partial charge in [0.1, 0.15) is 0 Å². The van der Waals surface area contributed by atoms with E-state index >= 15 is 0 Å². The number of hydrogen-bond donors (Lipinski definition) is 2. The third-order valence-electron chi connectivity index (χ3n) is 5.73. The molecule has 0 aromatic heterocycles. The summed E-state index contributed by atoms with van der Waals surface area (Å²) in [5.74, 6) is 0. The lowest BCUT2D eigenvalue weighted by Gasteiger charge is -2.07. The van der Waals surface area contributed by atoms with Gasteiger partial charge < -0.3 is 25.7 Å². The molecule has 0 aliphatic carbocycles. The van der Waals surface area contributed by atoms with Gasteiger partial charge in [-0.15, -0.1) is 0 Å². The van der Waals surface area contributed by atoms with Gasteiger partial charge in [0.05, 0.1) is 26.4 Å². The Hall–Kier alpha value is -0.200. The third-order valence-corrected chi connectivity index (χ3v) is 5.73. The van der Waals surface area contributed by atoms with Crippen molar-refractivity contribution in [2.75, 3.05) is 52.7 Å². The highest BCUT2D eigenvalue weighted by atomic mass is 16.5. The number of ether oxygens (including phenoxy) is 3. The molecule has 0 fully saturated rings. The highest BCUT2D eigenvalue weighted by Crippen LogP contribution is 2.10. The predicted octanol–water partition coefficient (Wildman–Crippen LogP) is 5.98. The Morgan fingerprint density at radius 1 is 0.258 bits per heavy atom. The molecule has 0 rings (SSSR count). The van der Waals surface area contributed by atoms with Crippen molar-refractivity contribution in [1.82, 2.24) is 0 Å². The second-order valence-electron chi connectivity index (χ2n) is 8.78. The lowest BCUT2D eigenvalue weighted by atomic mass is 10.1. The Morgan fingerprint density at radius 2 is 0.484 bits per heavy atom. The molecule has 0 aliphatic heterocycles. The van der Waals surface area contributed by atoms with Crippen LogP contribution in [0.4, 0.5) is 0 Å². The van der Waals surface area contributed by atoms with Crippen LogP contribution in [0.5, 0.6) is 0 Å². The van der Waals surface area contributed by atoms with Crippen LogP contribution < -0.4 is 11.5 Å². The molecule has 0 unspecified atom stereocenters. The lowest BCUT2D eigenvalue weighted by Crippen LogP contribution is -2.10. The normalized spacial score (nSPS) is 11.4. The van der Waals surface area contributed by atoms with E-state index in [0.29, 0.717) is 26.4 Å². The van der Waals surface area contributed by atoms with Crippen molar-refractivity contribution in [2.24, 2.45) is 11.5 Å². The molecule has 0 spiro atoms. The Balaban J connectivity index is 2.98. The van der Waals surface area contributed by atoms with Gasteiger partial charge in [-0.05, 0) is 38.8 Å². The van der Waals surface area contributed by atoms with Gasteiger partial charge in [-0.2, -0.15) is 0 Å². The summed E-state index contributed by atoms with van der Waals surface area (Å²) in [4.78, 5) is 0. The van der Waals surface area contributed by atoms with Gasteiger partial charge >= 0.3 is 0 Å². The highest BCUT2D eigenvalue weighted by Gasteiger charge is 1.96. The Labute approximate surface area is 194 Å². The Kier molecular flexibility index (Phi) is 29.6. The van der Waals surface area contributed by atoms with Crippen molar-refractivity contribution in [1.29, 1.82) is 0 Å². The number of hydrogen-bond acceptors (Lipinski definition) is 5. The van der Waals surface area contributed by atoms with Crippen LogP contribution in [0.3, 0.4) is 0 Å². The van der Waals surface area contributed by atoms with Crippen molar-refractivity contribution in [2.45, 2.75) is 116 Å². The van der Waals surface area contributed by atoms with Gasteiger partial charge in [-0.1, -0.05) is 89.9 Å². The maximum Gasteiger partial charge on any atom is 0.0701 e. The van der Waals surface area contributed by atoms with Gasteiger partial charge in [0.15, 0.2) is 0 Å². The molecule has 5 heteroatoms. The fourth-order valence-electron chi connectivity index (χ4n) is 3.71. The largest absolute Gasteiger partial charge is 0.379 e. The predicted molar refractivity (Wildman–Crippen MR) is 134 cm³/mol. The van der Waals surface area contributed by atoms with Crippen molar-refractivity contribution < 1.29 is 14.2 Å². The minimum atomic E-state index is 0.678. The molecular weight excluding hydrogens is 388 g/mol. The maximum atomic E-state index is 5.64. The van der Waals surface area contributed by atoms with Crippen LogP contribution in [-0.2, 0) is 14.2 Å². The molecule has 0 radical (unpaired) electrons. The van der Waals surface area contributed by atoms with E-state index in [1.165, 1.54) is 116 Å². The monoisotopic (exact) mass is 444 g/mol. The third kappa shape index (κ3) is 29.8. The number of rotatable bonds is 28. The van der Waals surface area contributed by atoms with E-state index in [4.69, 9.17) is 25.7 Å². The van der Waals surface area contributed by atoms with Crippen LogP contribution in [0.2, 0.25) is 0 Å². The molecule has 188 valence electrons. The van der Waals surface area contributed by atoms with Gasteiger partial charge in [0, 0.05) is 13.2 Å². The first-order valence-corrected chi connectivity index (χ1v) is 13.5. The molecule has 0 saturated carbocycles. The smallest absolute Gasteiger partial charge is 0.0701 e. The van der Waals surface area contributed by atoms with Crippen molar-refractivity contribution in [3.8, 4) is 0 Å². The summed E-state index contributed by atoms with van der Waals surface area (Å²) in [5.41, 5.74) is 11.0. The number of unbranched alkanes of at least 4 members (excludes halogenated alkanes) is 16. The molecule has 0 amide bonds. The van der Waals surface area contributed by atoms with Gasteiger partial charge in [-0.3, -0.25) is 0 Å². The average molecular weight is 445 g/mol. The minimum Gasteiger partial charge on any atom is -0.379 e. The van der Waals surface area contributed by atoms with E-state index in [9.17, 15) is 0 Å². The molecule has 0 heterocycles. The molecule has 0 bridgehead atoms. The molecule has 0 saturated heterocycles. The molecule has 0 aromatic carbocycles. The Bertz CT molecular complexity index is 278. The Morgan fingerprint density at radius 3 is 0.774 bits per heavy atom. The fraction of sp³-hybridized carbons (Fsp3) is 1.00. The van der Waals surface area contributed by atoms with Gasteiger partial charge in [0.2, 0.25) is 0 Å². The van der Waals surface area contributed by atoms with E-state index in [1.807, 2.05) is 0 Å². The van der Waals surface area contributed by atoms with Crippen molar-refractivity contribution in [3.05, 3.63) is 0 Å². The van der Waals surface area contributed by atoms with Crippen molar-refractivity contribution >= 4 is 0 Å². The van der Waals surface area contributed by atoms with Crippen LogP contribution in [0, 0.1) is 0 Å². The molecular formula is C26H56N2O3. The quantitative estimate of drug-likeness (QED) is 0.145. The molecule has 0 aromatic rings. The van der Waals surface area contributed by atoms with E-state index in [2.05, 4.69) is 0 Å². The van der Waals surface area contributed by atoms with E-state index in [-0.39, 0.29) is 0 Å². The zero-order valence-corrected chi connectivity index (χ0v) is 20.8. The number of nitrogens with two attached hydrogens (primary N) is 2. The minimum absolute atomic E-state index is 0.678. The molecule has 0 atom stereocenters. The van der Waals surface area contributed by atoms with Crippen LogP contribution in [-0.4, -0.2) is 52.7 Å². The van der Waals surface area contributed by atoms with Crippen molar-refractivity contribution in [3.63, 3.8) is 0 Å². The highest BCUT2D eigenvalue weighted by molar-refractivity contribution is 4.49. The first-order valence-electron chi connectivity index (χ1n) is 13.5. The molecule has 5 nitrogen and oxygen atoms in total. The maximum absolute atomic E-state index is 5.64. The van der Waals surface area contributed by atoms with Crippen LogP contribution in [0.1, 0.15) is 116 Å². The summed E-state index contributed by atoms with van der Waals surface area (Å²) >= 11 is 0. The van der Waals surface area contributed by atoms with E-state index < -0.39 is 0 Å². The standard InChI is InChI=1S/C26H56N2O3/c27-19-15-11-7-3-1-5-9-13-17-21-29-23-25-31-26-24-30-22-18-14-10-6-2-4-8-12-16-20-28/h1-28H2. The molecule has 31 heavy (non-hydrogen) atoms. The van der Waals surface area contributed by atoms with Crippen LogP contribution in [0.25, 0.3) is 0 Å². The summed E-state index contributed by atoms with van der Waals surface area (Å²) < 4.78 is 16.9. The first-order chi connectivity index (χ1) is 15.4. The lowest BCUT2D eigenvalue weighted by molar-refractivity contribution is 0.0132. The van der Waals surface area contributed by atoms with Crippen LogP contribution in [0.15, 0.2) is 0 Å². The summed E-state index contributed by atoms with van der Waals surface area (Å²) in [6.45, 7) is 6.18. The first kappa shape index (κ1) is 30.8. The van der Waals surface area contributed by atoms with Gasteiger partial charge in [0.25, 0.3) is 0 Å². The second kappa shape index (κ2) is 29.8. The summed E-state index contributed by atoms with van der Waals surface area (Å²) in [5, 5.41) is 0. The summed E-state index contributed by atoms with van der Waals surface area (Å²) in [7, 11) is 0. The SMILES string of the molecule is NCCCCCCCCCCCOCCOCCOCCCCCCCCCCCN. The summed E-state index contributed by atoms with van der Waals surface area (Å²) in [6.07, 6.45) is 23.5. The molecule has 0 aliphatic rings. The fourth-order valence-corrected chi connectivity index (χ4v) is 3.71. The van der Waals surface area contributed by atoms with Crippen LogP contribution >= 0.6 is 0 Å². The van der Waals surface area contributed by atoms with E-state index in [1.54, 1.807) is 0 Å². The zero-order valence-electron chi connectivity index (χ0n) is 20.8. The second-order valence-corrected chi connectivity index (χ2v) is 8.78. The molecule has 4 N–H and O–H groups in total.